The molecule has 1 fully saturated rings. The minimum Gasteiger partial charge on any atom is -0.315 e. The van der Waals surface area contributed by atoms with Crippen molar-refractivity contribution < 1.29 is 18.0 Å². The van der Waals surface area contributed by atoms with Crippen LogP contribution < -0.4 is 5.32 Å². The van der Waals surface area contributed by atoms with Crippen molar-refractivity contribution in [2.75, 3.05) is 13.1 Å². The smallest absolute Gasteiger partial charge is 0.315 e. The Bertz CT molecular complexity index is 533. The van der Waals surface area contributed by atoms with Crippen LogP contribution in [0.3, 0.4) is 0 Å². The highest BCUT2D eigenvalue weighted by Crippen LogP contribution is 2.44. The van der Waals surface area contributed by atoms with E-state index in [1.165, 1.54) is 4.68 Å². The van der Waals surface area contributed by atoms with Gasteiger partial charge in [-0.25, -0.2) is 0 Å². The standard InChI is InChI=1S/C12H15BrF3N3O/c1-7-10(13)8(19(2)18-7)5-9(20)11(12(14,15)16)3-4-17-6-11/h17H,3-6H2,1-2H3. The van der Waals surface area contributed by atoms with Crippen LogP contribution >= 0.6 is 15.9 Å². The summed E-state index contributed by atoms with van der Waals surface area (Å²) in [6, 6.07) is 0. The summed E-state index contributed by atoms with van der Waals surface area (Å²) in [5, 5.41) is 6.74. The predicted molar refractivity (Wildman–Crippen MR) is 70.3 cm³/mol. The van der Waals surface area contributed by atoms with Crippen LogP contribution in [0.1, 0.15) is 17.8 Å². The first kappa shape index (κ1) is 15.5. The molecular formula is C12H15BrF3N3O. The summed E-state index contributed by atoms with van der Waals surface area (Å²) in [6.45, 7) is 1.59. The van der Waals surface area contributed by atoms with E-state index in [1.807, 2.05) is 0 Å². The third-order valence-electron chi connectivity index (χ3n) is 3.82. The summed E-state index contributed by atoms with van der Waals surface area (Å²) in [5.74, 6) is -0.807. The van der Waals surface area contributed by atoms with Gasteiger partial charge in [-0.15, -0.1) is 0 Å². The summed E-state index contributed by atoms with van der Waals surface area (Å²) in [6.07, 6.45) is -5.02. The zero-order valence-corrected chi connectivity index (χ0v) is 12.7. The van der Waals surface area contributed by atoms with Crippen molar-refractivity contribution in [3.8, 4) is 0 Å². The van der Waals surface area contributed by atoms with Crippen LogP contribution in [0.15, 0.2) is 4.47 Å². The van der Waals surface area contributed by atoms with Crippen molar-refractivity contribution in [1.82, 2.24) is 15.1 Å². The number of halogens is 4. The molecule has 112 valence electrons. The lowest BCUT2D eigenvalue weighted by Crippen LogP contribution is -2.47. The van der Waals surface area contributed by atoms with Gasteiger partial charge in [0.25, 0.3) is 0 Å². The molecule has 8 heteroatoms. The van der Waals surface area contributed by atoms with Gasteiger partial charge < -0.3 is 5.32 Å². The zero-order chi connectivity index (χ0) is 15.1. The summed E-state index contributed by atoms with van der Waals surface area (Å²) in [5.41, 5.74) is -1.14. The van der Waals surface area contributed by atoms with E-state index in [0.29, 0.717) is 15.9 Å². The first-order valence-electron chi connectivity index (χ1n) is 6.18. The van der Waals surface area contributed by atoms with Crippen LogP contribution in [0.2, 0.25) is 0 Å². The molecule has 1 aromatic rings. The number of carbonyl (C=O) groups is 1. The second kappa shape index (κ2) is 5.14. The SMILES string of the molecule is Cc1nn(C)c(CC(=O)C2(C(F)(F)F)CCNC2)c1Br. The van der Waals surface area contributed by atoms with Crippen molar-refractivity contribution in [3.63, 3.8) is 0 Å². The molecule has 1 aromatic heterocycles. The maximum absolute atomic E-state index is 13.3. The lowest BCUT2D eigenvalue weighted by atomic mass is 9.80. The quantitative estimate of drug-likeness (QED) is 0.905. The largest absolute Gasteiger partial charge is 0.402 e. The molecule has 1 N–H and O–H groups in total. The van der Waals surface area contributed by atoms with Crippen molar-refractivity contribution in [2.45, 2.75) is 25.9 Å². The Hall–Kier alpha value is -0.890. The average molecular weight is 354 g/mol. The Morgan fingerprint density at radius 2 is 2.20 bits per heavy atom. The molecule has 0 spiro atoms. The molecule has 4 nitrogen and oxygen atoms in total. The highest BCUT2D eigenvalue weighted by Gasteiger charge is 2.60. The van der Waals surface area contributed by atoms with E-state index in [0.717, 1.165) is 0 Å². The van der Waals surface area contributed by atoms with Gasteiger partial charge in [-0.3, -0.25) is 9.48 Å². The third kappa shape index (κ3) is 2.39. The molecule has 1 atom stereocenters. The van der Waals surface area contributed by atoms with Crippen LogP contribution in [0.25, 0.3) is 0 Å². The number of aryl methyl sites for hydroxylation is 2. The molecule has 0 bridgehead atoms. The first-order chi connectivity index (χ1) is 9.19. The molecule has 0 saturated carbocycles. The normalized spacial score (nSPS) is 23.3. The summed E-state index contributed by atoms with van der Waals surface area (Å²) < 4.78 is 41.9. The van der Waals surface area contributed by atoms with Crippen LogP contribution in [-0.4, -0.2) is 34.8 Å². The number of nitrogens with one attached hydrogen (secondary N) is 1. The van der Waals surface area contributed by atoms with Gasteiger partial charge in [0.15, 0.2) is 5.78 Å². The average Bonchev–Trinajstić information content (AvgIpc) is 2.91. The molecule has 0 aliphatic carbocycles. The third-order valence-corrected chi connectivity index (χ3v) is 4.85. The minimum absolute atomic E-state index is 0.205. The van der Waals surface area contributed by atoms with Gasteiger partial charge in [0, 0.05) is 13.6 Å². The van der Waals surface area contributed by atoms with Gasteiger partial charge in [-0.05, 0) is 35.8 Å². The lowest BCUT2D eigenvalue weighted by molar-refractivity contribution is -0.214. The minimum atomic E-state index is -4.53. The van der Waals surface area contributed by atoms with E-state index in [9.17, 15) is 18.0 Å². The van der Waals surface area contributed by atoms with Gasteiger partial charge in [-0.2, -0.15) is 18.3 Å². The molecular weight excluding hydrogens is 339 g/mol. The monoisotopic (exact) mass is 353 g/mol. The number of carbonyl (C=O) groups excluding carboxylic acids is 1. The van der Waals surface area contributed by atoms with Gasteiger partial charge in [0.05, 0.1) is 22.3 Å². The summed E-state index contributed by atoms with van der Waals surface area (Å²) in [4.78, 5) is 12.3. The molecule has 1 unspecified atom stereocenters. The Morgan fingerprint density at radius 1 is 1.55 bits per heavy atom. The summed E-state index contributed by atoms with van der Waals surface area (Å²) in [7, 11) is 1.62. The van der Waals surface area contributed by atoms with E-state index in [4.69, 9.17) is 0 Å². The van der Waals surface area contributed by atoms with E-state index in [-0.39, 0.29) is 25.9 Å². The Labute approximate surface area is 122 Å². The molecule has 0 amide bonds. The Balaban J connectivity index is 2.31. The summed E-state index contributed by atoms with van der Waals surface area (Å²) >= 11 is 3.27. The number of rotatable bonds is 3. The maximum atomic E-state index is 13.3. The molecule has 0 aromatic carbocycles. The van der Waals surface area contributed by atoms with Crippen molar-refractivity contribution in [2.24, 2.45) is 12.5 Å². The van der Waals surface area contributed by atoms with E-state index < -0.39 is 17.4 Å². The fraction of sp³-hybridized carbons (Fsp3) is 0.667. The number of Topliss-reactive ketones (excluding diaryl/α,β-unsaturated/α-hetero) is 1. The number of hydrogen-bond acceptors (Lipinski definition) is 3. The highest BCUT2D eigenvalue weighted by molar-refractivity contribution is 9.10. The van der Waals surface area contributed by atoms with Crippen molar-refractivity contribution in [1.29, 1.82) is 0 Å². The second-order valence-corrected chi connectivity index (χ2v) is 5.87. The van der Waals surface area contributed by atoms with Crippen molar-refractivity contribution in [3.05, 3.63) is 15.9 Å². The molecule has 20 heavy (non-hydrogen) atoms. The number of alkyl halides is 3. The van der Waals surface area contributed by atoms with Crippen LogP contribution in [0.4, 0.5) is 13.2 Å². The highest BCUT2D eigenvalue weighted by atomic mass is 79.9. The number of nitrogens with zero attached hydrogens (tertiary/aromatic N) is 2. The molecule has 2 heterocycles. The fourth-order valence-electron chi connectivity index (χ4n) is 2.52. The molecule has 1 aliphatic heterocycles. The van der Waals surface area contributed by atoms with Gasteiger partial charge >= 0.3 is 6.18 Å². The number of aromatic nitrogens is 2. The maximum Gasteiger partial charge on any atom is 0.402 e. The van der Waals surface area contributed by atoms with Gasteiger partial charge in [0.2, 0.25) is 0 Å². The molecule has 2 rings (SSSR count). The van der Waals surface area contributed by atoms with Crippen LogP contribution in [0.5, 0.6) is 0 Å². The molecule has 0 radical (unpaired) electrons. The van der Waals surface area contributed by atoms with Crippen LogP contribution in [0, 0.1) is 12.3 Å². The zero-order valence-electron chi connectivity index (χ0n) is 11.1. The van der Waals surface area contributed by atoms with Gasteiger partial charge in [-0.1, -0.05) is 0 Å². The number of ketones is 1. The molecule has 1 aliphatic rings. The van der Waals surface area contributed by atoms with Crippen molar-refractivity contribution >= 4 is 21.7 Å². The Morgan fingerprint density at radius 3 is 2.60 bits per heavy atom. The van der Waals surface area contributed by atoms with E-state index >= 15 is 0 Å². The number of hydrogen-bond donors (Lipinski definition) is 1. The molecule has 1 saturated heterocycles. The lowest BCUT2D eigenvalue weighted by Gasteiger charge is -2.29. The van der Waals surface area contributed by atoms with E-state index in [2.05, 4.69) is 26.3 Å². The Kier molecular flexibility index (Phi) is 3.98. The topological polar surface area (TPSA) is 46.9 Å². The van der Waals surface area contributed by atoms with E-state index in [1.54, 1.807) is 14.0 Å². The van der Waals surface area contributed by atoms with Crippen LogP contribution in [-0.2, 0) is 18.3 Å². The fourth-order valence-corrected chi connectivity index (χ4v) is 3.00. The van der Waals surface area contributed by atoms with Gasteiger partial charge in [0.1, 0.15) is 5.41 Å². The predicted octanol–water partition coefficient (Wildman–Crippen LogP) is 2.14. The second-order valence-electron chi connectivity index (χ2n) is 5.08. The first-order valence-corrected chi connectivity index (χ1v) is 6.97.